The number of nitrogens with zero attached hydrogens (tertiary/aromatic N) is 2. The van der Waals surface area contributed by atoms with E-state index >= 15 is 0 Å². The summed E-state index contributed by atoms with van der Waals surface area (Å²) in [5.41, 5.74) is -0.514. The highest BCUT2D eigenvalue weighted by molar-refractivity contribution is 7.14. The molecule has 1 unspecified atom stereocenters. The van der Waals surface area contributed by atoms with Gasteiger partial charge < -0.3 is 10.4 Å². The number of rotatable bonds is 5. The molecule has 0 spiro atoms. The molecule has 0 aliphatic carbocycles. The first-order valence-corrected chi connectivity index (χ1v) is 7.67. The maximum Gasteiger partial charge on any atom is 0.324 e. The number of hydrogen-bond donors (Lipinski definition) is 2. The second-order valence-electron chi connectivity index (χ2n) is 5.04. The Bertz CT molecular complexity index is 593. The SMILES string of the molecule is CCC1(C(=O)O)CCCN1CC(=O)Nc1sccc1C#N. The first-order valence-electron chi connectivity index (χ1n) is 6.79. The predicted molar refractivity (Wildman–Crippen MR) is 79.1 cm³/mol. The number of carbonyl (C=O) groups is 2. The van der Waals surface area contributed by atoms with Gasteiger partial charge in [-0.25, -0.2) is 0 Å². The highest BCUT2D eigenvalue weighted by Gasteiger charge is 2.46. The Morgan fingerprint density at radius 2 is 2.38 bits per heavy atom. The average molecular weight is 307 g/mol. The topological polar surface area (TPSA) is 93.4 Å². The highest BCUT2D eigenvalue weighted by atomic mass is 32.1. The van der Waals surface area contributed by atoms with Crippen molar-refractivity contribution in [1.29, 1.82) is 5.26 Å². The van der Waals surface area contributed by atoms with Crippen LogP contribution in [0.4, 0.5) is 5.00 Å². The highest BCUT2D eigenvalue weighted by Crippen LogP contribution is 2.32. The van der Waals surface area contributed by atoms with Gasteiger partial charge in [-0.2, -0.15) is 5.26 Å². The van der Waals surface area contributed by atoms with Gasteiger partial charge in [-0.3, -0.25) is 14.5 Å². The Morgan fingerprint density at radius 3 is 3.00 bits per heavy atom. The third-order valence-electron chi connectivity index (χ3n) is 3.98. The fourth-order valence-electron chi connectivity index (χ4n) is 2.79. The molecule has 2 rings (SSSR count). The number of nitriles is 1. The third kappa shape index (κ3) is 2.91. The van der Waals surface area contributed by atoms with Crippen LogP contribution in [0.1, 0.15) is 31.7 Å². The molecule has 112 valence electrons. The van der Waals surface area contributed by atoms with Crippen LogP contribution < -0.4 is 5.32 Å². The van der Waals surface area contributed by atoms with E-state index in [0.717, 1.165) is 6.42 Å². The number of amides is 1. The van der Waals surface area contributed by atoms with Gasteiger partial charge in [0.05, 0.1) is 12.1 Å². The lowest BCUT2D eigenvalue weighted by Crippen LogP contribution is -2.52. The lowest BCUT2D eigenvalue weighted by atomic mass is 9.93. The molecule has 1 aromatic heterocycles. The summed E-state index contributed by atoms with van der Waals surface area (Å²) in [4.78, 5) is 25.4. The van der Waals surface area contributed by atoms with Crippen LogP contribution in [-0.2, 0) is 9.59 Å². The van der Waals surface area contributed by atoms with Crippen LogP contribution in [0.3, 0.4) is 0 Å². The van der Waals surface area contributed by atoms with E-state index in [1.165, 1.54) is 11.3 Å². The van der Waals surface area contributed by atoms with E-state index in [2.05, 4.69) is 5.32 Å². The number of anilines is 1. The van der Waals surface area contributed by atoms with E-state index in [1.807, 2.05) is 13.0 Å². The van der Waals surface area contributed by atoms with Crippen molar-refractivity contribution in [2.45, 2.75) is 31.7 Å². The van der Waals surface area contributed by atoms with E-state index in [0.29, 0.717) is 30.0 Å². The van der Waals surface area contributed by atoms with Gasteiger partial charge in [0.25, 0.3) is 0 Å². The van der Waals surface area contributed by atoms with Crippen molar-refractivity contribution < 1.29 is 14.7 Å². The van der Waals surface area contributed by atoms with Crippen molar-refractivity contribution in [2.75, 3.05) is 18.4 Å². The van der Waals surface area contributed by atoms with Crippen LogP contribution in [0.25, 0.3) is 0 Å². The molecule has 1 atom stereocenters. The van der Waals surface area contributed by atoms with Gasteiger partial charge in [-0.1, -0.05) is 6.92 Å². The van der Waals surface area contributed by atoms with Gasteiger partial charge in [-0.15, -0.1) is 11.3 Å². The summed E-state index contributed by atoms with van der Waals surface area (Å²) >= 11 is 1.28. The summed E-state index contributed by atoms with van der Waals surface area (Å²) in [6, 6.07) is 3.65. The van der Waals surface area contributed by atoms with E-state index in [4.69, 9.17) is 5.26 Å². The molecule has 0 saturated carbocycles. The number of hydrogen-bond acceptors (Lipinski definition) is 5. The van der Waals surface area contributed by atoms with E-state index in [9.17, 15) is 14.7 Å². The quantitative estimate of drug-likeness (QED) is 0.866. The second kappa shape index (κ2) is 6.24. The van der Waals surface area contributed by atoms with Crippen LogP contribution >= 0.6 is 11.3 Å². The minimum atomic E-state index is -0.940. The fourth-order valence-corrected chi connectivity index (χ4v) is 3.55. The van der Waals surface area contributed by atoms with Gasteiger partial charge in [-0.05, 0) is 37.3 Å². The molecule has 1 saturated heterocycles. The van der Waals surface area contributed by atoms with Crippen molar-refractivity contribution >= 4 is 28.2 Å². The Morgan fingerprint density at radius 1 is 1.62 bits per heavy atom. The summed E-state index contributed by atoms with van der Waals surface area (Å²) in [6.07, 6.45) is 1.81. The van der Waals surface area contributed by atoms with E-state index in [1.54, 1.807) is 16.3 Å². The third-order valence-corrected chi connectivity index (χ3v) is 4.81. The molecule has 21 heavy (non-hydrogen) atoms. The van der Waals surface area contributed by atoms with Crippen molar-refractivity contribution in [3.63, 3.8) is 0 Å². The number of carboxylic acids is 1. The van der Waals surface area contributed by atoms with Crippen LogP contribution in [0.5, 0.6) is 0 Å². The zero-order chi connectivity index (χ0) is 15.5. The number of aliphatic carboxylic acids is 1. The van der Waals surface area contributed by atoms with Crippen LogP contribution in [0.15, 0.2) is 11.4 Å². The molecule has 0 bridgehead atoms. The molecule has 1 aliphatic rings. The lowest BCUT2D eigenvalue weighted by Gasteiger charge is -2.33. The molecule has 2 N–H and O–H groups in total. The van der Waals surface area contributed by atoms with Crippen molar-refractivity contribution in [1.82, 2.24) is 4.90 Å². The van der Waals surface area contributed by atoms with Crippen LogP contribution in [0.2, 0.25) is 0 Å². The summed E-state index contributed by atoms with van der Waals surface area (Å²) in [7, 11) is 0. The summed E-state index contributed by atoms with van der Waals surface area (Å²) in [5.74, 6) is -1.15. The molecular weight excluding hydrogens is 290 g/mol. The standard InChI is InChI=1S/C14H17N3O3S/c1-2-14(13(19)20)5-3-6-17(14)9-11(18)16-12-10(8-15)4-7-21-12/h4,7H,2-3,5-6,9H2,1H3,(H,16,18)(H,19,20). The van der Waals surface area contributed by atoms with Crippen molar-refractivity contribution in [3.8, 4) is 6.07 Å². The fraction of sp³-hybridized carbons (Fsp3) is 0.500. The zero-order valence-corrected chi connectivity index (χ0v) is 12.6. The van der Waals surface area contributed by atoms with Gasteiger partial charge in [0.15, 0.2) is 0 Å². The predicted octanol–water partition coefficient (Wildman–Crippen LogP) is 1.89. The molecule has 7 heteroatoms. The minimum Gasteiger partial charge on any atom is -0.480 e. The Labute approximate surface area is 127 Å². The Kier molecular flexibility index (Phi) is 4.60. The lowest BCUT2D eigenvalue weighted by molar-refractivity contribution is -0.150. The van der Waals surface area contributed by atoms with E-state index < -0.39 is 11.5 Å². The van der Waals surface area contributed by atoms with Gasteiger partial charge >= 0.3 is 5.97 Å². The maximum atomic E-state index is 12.1. The molecule has 1 aromatic rings. The van der Waals surface area contributed by atoms with E-state index in [-0.39, 0.29) is 12.5 Å². The van der Waals surface area contributed by atoms with Gasteiger partial charge in [0, 0.05) is 0 Å². The summed E-state index contributed by atoms with van der Waals surface area (Å²) in [6.45, 7) is 2.46. The Balaban J connectivity index is 2.06. The second-order valence-corrected chi connectivity index (χ2v) is 5.95. The molecule has 1 amide bonds. The Hall–Kier alpha value is -1.91. The first-order chi connectivity index (χ1) is 10.0. The minimum absolute atomic E-state index is 0.0307. The van der Waals surface area contributed by atoms with Gasteiger partial charge in [0.1, 0.15) is 16.6 Å². The molecule has 1 aliphatic heterocycles. The molecule has 0 aromatic carbocycles. The number of carbonyl (C=O) groups excluding carboxylic acids is 1. The largest absolute Gasteiger partial charge is 0.480 e. The monoisotopic (exact) mass is 307 g/mol. The smallest absolute Gasteiger partial charge is 0.324 e. The molecular formula is C14H17N3O3S. The normalized spacial score (nSPS) is 21.9. The molecule has 1 fully saturated rings. The number of likely N-dealkylation sites (tertiary alicyclic amines) is 1. The summed E-state index contributed by atoms with van der Waals surface area (Å²) in [5, 5.41) is 23.3. The first kappa shape index (κ1) is 15.5. The van der Waals surface area contributed by atoms with Crippen molar-refractivity contribution in [2.24, 2.45) is 0 Å². The van der Waals surface area contributed by atoms with Crippen molar-refractivity contribution in [3.05, 3.63) is 17.0 Å². The maximum absolute atomic E-state index is 12.1. The summed E-state index contributed by atoms with van der Waals surface area (Å²) < 4.78 is 0. The van der Waals surface area contributed by atoms with Gasteiger partial charge in [0.2, 0.25) is 5.91 Å². The molecule has 2 heterocycles. The number of nitrogens with one attached hydrogen (secondary N) is 1. The van der Waals surface area contributed by atoms with Crippen LogP contribution in [0, 0.1) is 11.3 Å². The number of carboxylic acid groups (broad SMARTS) is 1. The number of thiophene rings is 1. The van der Waals surface area contributed by atoms with Crippen LogP contribution in [-0.4, -0.2) is 40.5 Å². The average Bonchev–Trinajstić information content (AvgIpc) is 3.05. The molecule has 6 nitrogen and oxygen atoms in total. The molecule has 0 radical (unpaired) electrons. The zero-order valence-electron chi connectivity index (χ0n) is 11.8.